The van der Waals surface area contributed by atoms with Crippen LogP contribution >= 0.6 is 0 Å². The van der Waals surface area contributed by atoms with Crippen LogP contribution in [0, 0.1) is 22.7 Å². The van der Waals surface area contributed by atoms with E-state index >= 15 is 0 Å². The van der Waals surface area contributed by atoms with E-state index in [1.807, 2.05) is 24.3 Å². The number of likely N-dealkylation sites (tertiary alicyclic amines) is 1. The number of benzene rings is 1. The summed E-state index contributed by atoms with van der Waals surface area (Å²) in [4.78, 5) is 14.0. The predicted octanol–water partition coefficient (Wildman–Crippen LogP) is 2.39. The molecule has 3 rings (SSSR count). The van der Waals surface area contributed by atoms with E-state index < -0.39 is 0 Å². The molecule has 1 unspecified atom stereocenters. The SMILES string of the molecule is N#Cc1ccc(NC2CCC(NCC(=O)N3CCCC3C#N)CC2)cc1. The monoisotopic (exact) mass is 351 g/mol. The molecule has 0 spiro atoms. The van der Waals surface area contributed by atoms with Crippen LogP contribution in [0.1, 0.15) is 44.1 Å². The highest BCUT2D eigenvalue weighted by Crippen LogP contribution is 2.23. The standard InChI is InChI=1S/C20H25N5O/c21-12-15-3-5-17(6-4-15)24-18-9-7-16(8-10-18)23-14-20(26)25-11-1-2-19(25)13-22/h3-6,16,18-19,23-24H,1-2,7-11,14H2. The quantitative estimate of drug-likeness (QED) is 0.850. The maximum Gasteiger partial charge on any atom is 0.237 e. The van der Waals surface area contributed by atoms with Crippen molar-refractivity contribution in [2.75, 3.05) is 18.4 Å². The Morgan fingerprint density at radius 1 is 1.08 bits per heavy atom. The highest BCUT2D eigenvalue weighted by Gasteiger charge is 2.29. The number of nitrogens with one attached hydrogen (secondary N) is 2. The van der Waals surface area contributed by atoms with Crippen molar-refractivity contribution in [1.29, 1.82) is 10.5 Å². The molecule has 1 heterocycles. The minimum atomic E-state index is -0.239. The maximum atomic E-state index is 12.3. The summed E-state index contributed by atoms with van der Waals surface area (Å²) in [5.41, 5.74) is 1.72. The summed E-state index contributed by atoms with van der Waals surface area (Å²) in [6.45, 7) is 1.04. The third-order valence-electron chi connectivity index (χ3n) is 5.38. The number of carbonyl (C=O) groups is 1. The van der Waals surface area contributed by atoms with Crippen LogP contribution in [0.15, 0.2) is 24.3 Å². The van der Waals surface area contributed by atoms with Crippen LogP contribution in [0.25, 0.3) is 0 Å². The molecule has 6 heteroatoms. The Morgan fingerprint density at radius 2 is 1.77 bits per heavy atom. The fourth-order valence-electron chi connectivity index (χ4n) is 3.85. The molecule has 1 amide bonds. The fourth-order valence-corrected chi connectivity index (χ4v) is 3.85. The van der Waals surface area contributed by atoms with E-state index in [2.05, 4.69) is 22.8 Å². The molecular weight excluding hydrogens is 326 g/mol. The van der Waals surface area contributed by atoms with E-state index in [4.69, 9.17) is 10.5 Å². The first kappa shape index (κ1) is 18.2. The van der Waals surface area contributed by atoms with Crippen LogP contribution in [-0.4, -0.2) is 42.0 Å². The van der Waals surface area contributed by atoms with Gasteiger partial charge in [0.2, 0.25) is 5.91 Å². The minimum absolute atomic E-state index is 0.0480. The summed E-state index contributed by atoms with van der Waals surface area (Å²) >= 11 is 0. The second-order valence-corrected chi connectivity index (χ2v) is 7.14. The minimum Gasteiger partial charge on any atom is -0.382 e. The van der Waals surface area contributed by atoms with Gasteiger partial charge in [0.05, 0.1) is 24.2 Å². The molecule has 0 radical (unpaired) electrons. The highest BCUT2D eigenvalue weighted by molar-refractivity contribution is 5.79. The molecule has 6 nitrogen and oxygen atoms in total. The summed E-state index contributed by atoms with van der Waals surface area (Å²) in [6.07, 6.45) is 5.89. The van der Waals surface area contributed by atoms with Gasteiger partial charge in [-0.1, -0.05) is 0 Å². The number of amides is 1. The summed E-state index contributed by atoms with van der Waals surface area (Å²) in [6, 6.07) is 12.5. The Hall–Kier alpha value is -2.57. The van der Waals surface area contributed by atoms with Crippen molar-refractivity contribution in [3.63, 3.8) is 0 Å². The van der Waals surface area contributed by atoms with Crippen molar-refractivity contribution < 1.29 is 4.79 Å². The molecule has 1 aliphatic heterocycles. The van der Waals surface area contributed by atoms with Gasteiger partial charge in [0, 0.05) is 24.3 Å². The Balaban J connectivity index is 1.39. The van der Waals surface area contributed by atoms with Gasteiger partial charge in [-0.3, -0.25) is 4.79 Å². The van der Waals surface area contributed by atoms with Gasteiger partial charge < -0.3 is 15.5 Å². The Kier molecular flexibility index (Phi) is 6.09. The number of carbonyl (C=O) groups excluding carboxylic acids is 1. The highest BCUT2D eigenvalue weighted by atomic mass is 16.2. The first-order valence-electron chi connectivity index (χ1n) is 9.39. The van der Waals surface area contributed by atoms with Crippen molar-refractivity contribution in [2.24, 2.45) is 0 Å². The van der Waals surface area contributed by atoms with Crippen LogP contribution in [0.4, 0.5) is 5.69 Å². The van der Waals surface area contributed by atoms with Crippen molar-refractivity contribution in [2.45, 2.75) is 56.7 Å². The van der Waals surface area contributed by atoms with Gasteiger partial charge in [-0.25, -0.2) is 0 Å². The van der Waals surface area contributed by atoms with Crippen LogP contribution < -0.4 is 10.6 Å². The van der Waals surface area contributed by atoms with Crippen molar-refractivity contribution in [3.05, 3.63) is 29.8 Å². The molecule has 2 aliphatic rings. The average Bonchev–Trinajstić information content (AvgIpc) is 3.17. The first-order valence-corrected chi connectivity index (χ1v) is 9.39. The van der Waals surface area contributed by atoms with Crippen LogP contribution in [0.2, 0.25) is 0 Å². The molecule has 1 atom stereocenters. The molecule has 0 bridgehead atoms. The molecule has 2 N–H and O–H groups in total. The van der Waals surface area contributed by atoms with Gasteiger partial charge in [-0.2, -0.15) is 10.5 Å². The largest absolute Gasteiger partial charge is 0.382 e. The molecule has 1 saturated carbocycles. The van der Waals surface area contributed by atoms with Crippen LogP contribution in [0.3, 0.4) is 0 Å². The van der Waals surface area contributed by atoms with Gasteiger partial charge >= 0.3 is 0 Å². The molecule has 1 saturated heterocycles. The maximum absolute atomic E-state index is 12.3. The lowest BCUT2D eigenvalue weighted by atomic mass is 9.91. The number of nitriles is 2. The smallest absolute Gasteiger partial charge is 0.237 e. The normalized spacial score (nSPS) is 25.3. The fraction of sp³-hybridized carbons (Fsp3) is 0.550. The Morgan fingerprint density at radius 3 is 2.42 bits per heavy atom. The number of hydrogen-bond acceptors (Lipinski definition) is 5. The summed E-state index contributed by atoms with van der Waals surface area (Å²) in [5.74, 6) is 0.0480. The average molecular weight is 351 g/mol. The number of nitrogens with zero attached hydrogens (tertiary/aromatic N) is 3. The van der Waals surface area contributed by atoms with E-state index in [9.17, 15) is 4.79 Å². The zero-order chi connectivity index (χ0) is 18.4. The molecule has 1 aromatic rings. The molecule has 136 valence electrons. The predicted molar refractivity (Wildman–Crippen MR) is 99.2 cm³/mol. The number of anilines is 1. The zero-order valence-electron chi connectivity index (χ0n) is 14.9. The lowest BCUT2D eigenvalue weighted by molar-refractivity contribution is -0.130. The summed E-state index contributed by atoms with van der Waals surface area (Å²) in [5, 5.41) is 24.8. The van der Waals surface area contributed by atoms with Crippen molar-refractivity contribution in [1.82, 2.24) is 10.2 Å². The van der Waals surface area contributed by atoms with E-state index in [1.54, 1.807) is 4.90 Å². The molecule has 0 aromatic heterocycles. The Labute approximate surface area is 154 Å². The van der Waals surface area contributed by atoms with Crippen molar-refractivity contribution >= 4 is 11.6 Å². The first-order chi connectivity index (χ1) is 12.7. The van der Waals surface area contributed by atoms with Crippen LogP contribution in [-0.2, 0) is 4.79 Å². The Bertz CT molecular complexity index is 694. The van der Waals surface area contributed by atoms with Gasteiger partial charge in [-0.15, -0.1) is 0 Å². The number of hydrogen-bond donors (Lipinski definition) is 2. The van der Waals surface area contributed by atoms with E-state index in [0.717, 1.165) is 44.2 Å². The topological polar surface area (TPSA) is 91.9 Å². The van der Waals surface area contributed by atoms with Gasteiger partial charge in [0.15, 0.2) is 0 Å². The van der Waals surface area contributed by atoms with Gasteiger partial charge in [-0.05, 0) is 62.8 Å². The second kappa shape index (κ2) is 8.69. The van der Waals surface area contributed by atoms with Gasteiger partial charge in [0.1, 0.15) is 6.04 Å². The third kappa shape index (κ3) is 4.53. The molecule has 2 fully saturated rings. The van der Waals surface area contributed by atoms with E-state index in [1.165, 1.54) is 0 Å². The molecular formula is C20H25N5O. The van der Waals surface area contributed by atoms with Gasteiger partial charge in [0.25, 0.3) is 0 Å². The zero-order valence-corrected chi connectivity index (χ0v) is 14.9. The van der Waals surface area contributed by atoms with Crippen molar-refractivity contribution in [3.8, 4) is 12.1 Å². The number of rotatable bonds is 5. The molecule has 1 aromatic carbocycles. The van der Waals surface area contributed by atoms with Crippen LogP contribution in [0.5, 0.6) is 0 Å². The summed E-state index contributed by atoms with van der Waals surface area (Å²) < 4.78 is 0. The third-order valence-corrected chi connectivity index (χ3v) is 5.38. The molecule has 1 aliphatic carbocycles. The lowest BCUT2D eigenvalue weighted by Crippen LogP contribution is -2.45. The summed E-state index contributed by atoms with van der Waals surface area (Å²) in [7, 11) is 0. The van der Waals surface area contributed by atoms with E-state index in [-0.39, 0.29) is 11.9 Å². The lowest BCUT2D eigenvalue weighted by Gasteiger charge is -2.31. The molecule has 26 heavy (non-hydrogen) atoms. The van der Waals surface area contributed by atoms with E-state index in [0.29, 0.717) is 30.7 Å². The second-order valence-electron chi connectivity index (χ2n) is 7.14.